The molecule has 0 bridgehead atoms. The number of nitrogens with zero attached hydrogens (tertiary/aromatic N) is 7. The van der Waals surface area contributed by atoms with Crippen molar-refractivity contribution in [2.75, 3.05) is 36.4 Å². The summed E-state index contributed by atoms with van der Waals surface area (Å²) in [5, 5.41) is 7.32. The van der Waals surface area contributed by atoms with E-state index in [9.17, 15) is 8.42 Å². The van der Waals surface area contributed by atoms with Gasteiger partial charge < -0.3 is 10.2 Å². The molecule has 1 aromatic carbocycles. The number of sulfonamides is 1. The minimum atomic E-state index is -3.58. The molecule has 3 aromatic heterocycles. The highest BCUT2D eigenvalue weighted by atomic mass is 32.2. The van der Waals surface area contributed by atoms with Crippen LogP contribution in [0.5, 0.6) is 0 Å². The van der Waals surface area contributed by atoms with E-state index in [1.54, 1.807) is 41.3 Å². The second-order valence-corrected chi connectivity index (χ2v) is 9.38. The van der Waals surface area contributed by atoms with Crippen LogP contribution in [0, 0.1) is 0 Å². The fraction of sp³-hybridized carbons (Fsp3) is 0.182. The molecule has 0 amide bonds. The molecule has 0 atom stereocenters. The molecule has 1 saturated heterocycles. The van der Waals surface area contributed by atoms with Gasteiger partial charge in [0.05, 0.1) is 10.6 Å². The summed E-state index contributed by atoms with van der Waals surface area (Å²) < 4.78 is 29.5. The van der Waals surface area contributed by atoms with E-state index in [-0.39, 0.29) is 4.90 Å². The van der Waals surface area contributed by atoms with Crippen molar-refractivity contribution in [3.05, 3.63) is 79.5 Å². The van der Waals surface area contributed by atoms with Crippen LogP contribution in [0.4, 0.5) is 17.5 Å². The highest BCUT2D eigenvalue weighted by Gasteiger charge is 2.29. The lowest BCUT2D eigenvalue weighted by atomic mass is 10.3. The van der Waals surface area contributed by atoms with Gasteiger partial charge in [0.2, 0.25) is 10.0 Å². The fourth-order valence-electron chi connectivity index (χ4n) is 3.66. The van der Waals surface area contributed by atoms with Crippen molar-refractivity contribution in [1.82, 2.24) is 29.0 Å². The van der Waals surface area contributed by atoms with E-state index < -0.39 is 10.0 Å². The Kier molecular flexibility index (Phi) is 5.71. The van der Waals surface area contributed by atoms with Gasteiger partial charge in [-0.25, -0.2) is 28.1 Å². The van der Waals surface area contributed by atoms with Crippen LogP contribution in [0.3, 0.4) is 0 Å². The minimum Gasteiger partial charge on any atom is -0.354 e. The Morgan fingerprint density at radius 3 is 2.33 bits per heavy atom. The Morgan fingerprint density at radius 2 is 1.64 bits per heavy atom. The zero-order valence-corrected chi connectivity index (χ0v) is 18.5. The molecule has 1 aliphatic heterocycles. The number of hydrogen-bond donors (Lipinski definition) is 1. The first-order valence-electron chi connectivity index (χ1n) is 10.4. The van der Waals surface area contributed by atoms with Crippen molar-refractivity contribution in [2.24, 2.45) is 0 Å². The normalized spacial score (nSPS) is 14.8. The van der Waals surface area contributed by atoms with E-state index in [1.807, 2.05) is 36.5 Å². The Labute approximate surface area is 191 Å². The number of pyridine rings is 1. The molecule has 0 radical (unpaired) electrons. The Balaban J connectivity index is 1.25. The SMILES string of the molecule is O=S(=O)(c1ccc(-n2cccn2)cc1)N1CCN(c2cc(Nc3ccccn3)ncn2)CC1. The number of piperazine rings is 1. The topological polar surface area (TPSA) is 109 Å². The van der Waals surface area contributed by atoms with Crippen molar-refractivity contribution in [1.29, 1.82) is 0 Å². The average Bonchev–Trinajstić information content (AvgIpc) is 3.40. The molecule has 33 heavy (non-hydrogen) atoms. The van der Waals surface area contributed by atoms with Crippen molar-refractivity contribution in [3.63, 3.8) is 0 Å². The van der Waals surface area contributed by atoms with E-state index in [1.165, 1.54) is 10.6 Å². The zero-order valence-electron chi connectivity index (χ0n) is 17.7. The third-order valence-electron chi connectivity index (χ3n) is 5.38. The van der Waals surface area contributed by atoms with Gasteiger partial charge in [-0.05, 0) is 42.5 Å². The molecular formula is C22H22N8O2S. The van der Waals surface area contributed by atoms with Gasteiger partial charge in [-0.15, -0.1) is 0 Å². The molecular weight excluding hydrogens is 440 g/mol. The monoisotopic (exact) mass is 462 g/mol. The predicted octanol–water partition coefficient (Wildman–Crippen LogP) is 2.31. The third kappa shape index (κ3) is 4.54. The molecule has 1 aliphatic rings. The number of nitrogens with one attached hydrogen (secondary N) is 1. The second-order valence-electron chi connectivity index (χ2n) is 7.44. The lowest BCUT2D eigenvalue weighted by Crippen LogP contribution is -2.48. The summed E-state index contributed by atoms with van der Waals surface area (Å²) in [5.74, 6) is 2.06. The maximum atomic E-state index is 13.1. The quantitative estimate of drug-likeness (QED) is 0.465. The van der Waals surface area contributed by atoms with Crippen LogP contribution in [-0.2, 0) is 10.0 Å². The van der Waals surface area contributed by atoms with Gasteiger partial charge in [0.1, 0.15) is 23.8 Å². The average molecular weight is 463 g/mol. The molecule has 168 valence electrons. The number of benzene rings is 1. The third-order valence-corrected chi connectivity index (χ3v) is 7.29. The first-order chi connectivity index (χ1) is 16.1. The molecule has 0 saturated carbocycles. The van der Waals surface area contributed by atoms with Gasteiger partial charge in [0, 0.05) is 50.8 Å². The molecule has 4 aromatic rings. The minimum absolute atomic E-state index is 0.274. The number of rotatable bonds is 6. The summed E-state index contributed by atoms with van der Waals surface area (Å²) >= 11 is 0. The fourth-order valence-corrected chi connectivity index (χ4v) is 5.08. The van der Waals surface area contributed by atoms with Gasteiger partial charge in [-0.1, -0.05) is 6.07 Å². The van der Waals surface area contributed by atoms with Crippen molar-refractivity contribution in [3.8, 4) is 5.69 Å². The molecule has 10 nitrogen and oxygen atoms in total. The number of aromatic nitrogens is 5. The number of hydrogen-bond acceptors (Lipinski definition) is 8. The van der Waals surface area contributed by atoms with E-state index in [0.29, 0.717) is 37.8 Å². The van der Waals surface area contributed by atoms with E-state index in [2.05, 4.69) is 30.3 Å². The standard InChI is InChI=1S/C22H22N8O2S/c31-33(32,19-7-5-18(6-8-19)30-11-3-10-26-30)29-14-12-28(13-15-29)22-16-21(24-17-25-22)27-20-4-1-2-9-23-20/h1-11,16-17H,12-15H2,(H,23,24,25,27). The maximum Gasteiger partial charge on any atom is 0.243 e. The Morgan fingerprint density at radius 1 is 0.818 bits per heavy atom. The van der Waals surface area contributed by atoms with Crippen LogP contribution >= 0.6 is 0 Å². The molecule has 5 rings (SSSR count). The van der Waals surface area contributed by atoms with E-state index in [0.717, 1.165) is 11.5 Å². The van der Waals surface area contributed by atoms with Gasteiger partial charge in [0.15, 0.2) is 0 Å². The summed E-state index contributed by atoms with van der Waals surface area (Å²) in [5.41, 5.74) is 0.808. The summed E-state index contributed by atoms with van der Waals surface area (Å²) in [6, 6.07) is 16.0. The highest BCUT2D eigenvalue weighted by Crippen LogP contribution is 2.22. The molecule has 1 fully saturated rings. The summed E-state index contributed by atoms with van der Waals surface area (Å²) in [6.45, 7) is 1.81. The molecule has 11 heteroatoms. The summed E-state index contributed by atoms with van der Waals surface area (Å²) in [7, 11) is -3.58. The summed E-state index contributed by atoms with van der Waals surface area (Å²) in [4.78, 5) is 15.2. The van der Waals surface area contributed by atoms with Gasteiger partial charge >= 0.3 is 0 Å². The second kappa shape index (κ2) is 8.96. The Hall–Kier alpha value is -3.83. The van der Waals surface area contributed by atoms with Crippen molar-refractivity contribution >= 4 is 27.5 Å². The van der Waals surface area contributed by atoms with Crippen LogP contribution in [0.1, 0.15) is 0 Å². The van der Waals surface area contributed by atoms with Gasteiger partial charge in [-0.3, -0.25) is 0 Å². The van der Waals surface area contributed by atoms with Gasteiger partial charge in [0.25, 0.3) is 0 Å². The lowest BCUT2D eigenvalue weighted by molar-refractivity contribution is 0.384. The zero-order chi connectivity index (χ0) is 22.7. The van der Waals surface area contributed by atoms with Crippen LogP contribution in [0.25, 0.3) is 5.69 Å². The van der Waals surface area contributed by atoms with Crippen LogP contribution < -0.4 is 10.2 Å². The van der Waals surface area contributed by atoms with E-state index >= 15 is 0 Å². The molecule has 4 heterocycles. The number of anilines is 3. The smallest absolute Gasteiger partial charge is 0.243 e. The Bertz CT molecular complexity index is 1300. The van der Waals surface area contributed by atoms with Crippen molar-refractivity contribution < 1.29 is 8.42 Å². The van der Waals surface area contributed by atoms with Gasteiger partial charge in [-0.2, -0.15) is 9.40 Å². The van der Waals surface area contributed by atoms with Crippen LogP contribution in [-0.4, -0.2) is 63.6 Å². The molecule has 0 spiro atoms. The highest BCUT2D eigenvalue weighted by molar-refractivity contribution is 7.89. The lowest BCUT2D eigenvalue weighted by Gasteiger charge is -2.34. The summed E-state index contributed by atoms with van der Waals surface area (Å²) in [6.07, 6.45) is 6.69. The molecule has 0 unspecified atom stereocenters. The van der Waals surface area contributed by atoms with Crippen LogP contribution in [0.15, 0.2) is 84.4 Å². The molecule has 0 aliphatic carbocycles. The predicted molar refractivity (Wildman–Crippen MR) is 124 cm³/mol. The maximum absolute atomic E-state index is 13.1. The molecule has 1 N–H and O–H groups in total. The van der Waals surface area contributed by atoms with E-state index in [4.69, 9.17) is 0 Å². The first kappa shape index (κ1) is 21.0. The first-order valence-corrected chi connectivity index (χ1v) is 11.9. The van der Waals surface area contributed by atoms with Crippen molar-refractivity contribution in [2.45, 2.75) is 4.90 Å². The largest absolute Gasteiger partial charge is 0.354 e. The van der Waals surface area contributed by atoms with Crippen LogP contribution in [0.2, 0.25) is 0 Å².